The van der Waals surface area contributed by atoms with E-state index in [4.69, 9.17) is 0 Å². The van der Waals surface area contributed by atoms with Crippen LogP contribution in [0.15, 0.2) is 59.6 Å². The summed E-state index contributed by atoms with van der Waals surface area (Å²) in [5.41, 5.74) is 0.561. The molecule has 0 radical (unpaired) electrons. The Hall–Kier alpha value is -1.68. The van der Waals surface area contributed by atoms with Crippen molar-refractivity contribution in [3.63, 3.8) is 0 Å². The molecule has 4 heteroatoms. The third-order valence-corrected chi connectivity index (χ3v) is 3.83. The zero-order valence-electron chi connectivity index (χ0n) is 8.58. The monoisotopic (exact) mass is 233 g/mol. The second kappa shape index (κ2) is 4.45. The van der Waals surface area contributed by atoms with Crippen LogP contribution in [0.3, 0.4) is 0 Å². The Morgan fingerprint density at radius 1 is 0.938 bits per heavy atom. The van der Waals surface area contributed by atoms with Crippen molar-refractivity contribution in [2.24, 2.45) is 0 Å². The highest BCUT2D eigenvalue weighted by molar-refractivity contribution is 7.90. The maximum atomic E-state index is 12.0. The fourth-order valence-electron chi connectivity index (χ4n) is 1.39. The molecule has 1 aromatic carbocycles. The van der Waals surface area contributed by atoms with Crippen LogP contribution in [0.1, 0.15) is 5.69 Å². The van der Waals surface area contributed by atoms with Gasteiger partial charge in [0.1, 0.15) is 0 Å². The van der Waals surface area contributed by atoms with Crippen molar-refractivity contribution in [2.75, 3.05) is 0 Å². The first kappa shape index (κ1) is 10.8. The Kier molecular flexibility index (Phi) is 3.01. The highest BCUT2D eigenvalue weighted by atomic mass is 32.2. The molecular weight excluding hydrogens is 222 g/mol. The van der Waals surface area contributed by atoms with E-state index < -0.39 is 9.84 Å². The predicted molar refractivity (Wildman–Crippen MR) is 61.6 cm³/mol. The van der Waals surface area contributed by atoms with Crippen LogP contribution in [-0.4, -0.2) is 13.4 Å². The molecule has 0 fully saturated rings. The van der Waals surface area contributed by atoms with Crippen LogP contribution in [0.5, 0.6) is 0 Å². The normalized spacial score (nSPS) is 11.2. The summed E-state index contributed by atoms with van der Waals surface area (Å²) >= 11 is 0. The predicted octanol–water partition coefficient (Wildman–Crippen LogP) is 2.06. The van der Waals surface area contributed by atoms with Gasteiger partial charge in [-0.25, -0.2) is 8.42 Å². The molecule has 1 heterocycles. The van der Waals surface area contributed by atoms with E-state index >= 15 is 0 Å². The van der Waals surface area contributed by atoms with Crippen LogP contribution in [0, 0.1) is 0 Å². The summed E-state index contributed by atoms with van der Waals surface area (Å²) in [6, 6.07) is 13.7. The van der Waals surface area contributed by atoms with Gasteiger partial charge >= 0.3 is 0 Å². The second-order valence-electron chi connectivity index (χ2n) is 3.39. The lowest BCUT2D eigenvalue weighted by Gasteiger charge is -2.03. The van der Waals surface area contributed by atoms with Crippen molar-refractivity contribution >= 4 is 9.84 Å². The summed E-state index contributed by atoms with van der Waals surface area (Å²) in [6.45, 7) is 0. The quantitative estimate of drug-likeness (QED) is 0.815. The maximum Gasteiger partial charge on any atom is 0.184 e. The summed E-state index contributed by atoms with van der Waals surface area (Å²) in [5, 5.41) is 0. The summed E-state index contributed by atoms with van der Waals surface area (Å²) in [5.74, 6) is -0.0577. The molecule has 0 saturated carbocycles. The summed E-state index contributed by atoms with van der Waals surface area (Å²) in [4.78, 5) is 4.34. The zero-order chi connectivity index (χ0) is 11.4. The number of aromatic nitrogens is 1. The molecule has 0 atom stereocenters. The van der Waals surface area contributed by atoms with Gasteiger partial charge in [0.2, 0.25) is 0 Å². The van der Waals surface area contributed by atoms with Gasteiger partial charge in [0.25, 0.3) is 0 Å². The number of sulfone groups is 1. The van der Waals surface area contributed by atoms with Gasteiger partial charge in [-0.2, -0.15) is 0 Å². The fraction of sp³-hybridized carbons (Fsp3) is 0.0833. The van der Waals surface area contributed by atoms with Crippen LogP contribution in [-0.2, 0) is 15.6 Å². The van der Waals surface area contributed by atoms with Crippen molar-refractivity contribution in [2.45, 2.75) is 10.6 Å². The van der Waals surface area contributed by atoms with E-state index in [0.29, 0.717) is 10.6 Å². The Morgan fingerprint density at radius 3 is 2.25 bits per heavy atom. The van der Waals surface area contributed by atoms with E-state index in [1.165, 1.54) is 0 Å². The lowest BCUT2D eigenvalue weighted by molar-refractivity contribution is 0.594. The highest BCUT2D eigenvalue weighted by Crippen LogP contribution is 2.14. The van der Waals surface area contributed by atoms with Crippen LogP contribution in [0.4, 0.5) is 0 Å². The van der Waals surface area contributed by atoms with Crippen molar-refractivity contribution in [3.05, 3.63) is 60.4 Å². The van der Waals surface area contributed by atoms with Crippen LogP contribution < -0.4 is 0 Å². The molecule has 1 aromatic heterocycles. The number of hydrogen-bond donors (Lipinski definition) is 0. The Labute approximate surface area is 94.7 Å². The smallest absolute Gasteiger partial charge is 0.184 e. The van der Waals surface area contributed by atoms with Gasteiger partial charge in [0.05, 0.1) is 16.3 Å². The lowest BCUT2D eigenvalue weighted by atomic mass is 10.4. The average molecular weight is 233 g/mol. The van der Waals surface area contributed by atoms with Crippen LogP contribution in [0.25, 0.3) is 0 Å². The third-order valence-electron chi connectivity index (χ3n) is 2.17. The Balaban J connectivity index is 2.29. The standard InChI is InChI=1S/C12H11NO2S/c14-16(15,12-7-2-1-3-8-12)10-11-6-4-5-9-13-11/h1-9H,10H2. The van der Waals surface area contributed by atoms with Gasteiger partial charge in [0.15, 0.2) is 9.84 Å². The topological polar surface area (TPSA) is 47.0 Å². The van der Waals surface area contributed by atoms with Crippen LogP contribution >= 0.6 is 0 Å². The van der Waals surface area contributed by atoms with E-state index in [0.717, 1.165) is 0 Å². The SMILES string of the molecule is O=S(=O)(Cc1ccccn1)c1ccccc1. The number of rotatable bonds is 3. The van der Waals surface area contributed by atoms with Crippen molar-refractivity contribution in [3.8, 4) is 0 Å². The molecule has 2 rings (SSSR count). The molecule has 0 aliphatic heterocycles. The van der Waals surface area contributed by atoms with E-state index in [9.17, 15) is 8.42 Å². The molecule has 82 valence electrons. The molecular formula is C12H11NO2S. The average Bonchev–Trinajstić information content (AvgIpc) is 2.31. The second-order valence-corrected chi connectivity index (χ2v) is 5.38. The lowest BCUT2D eigenvalue weighted by Crippen LogP contribution is -2.05. The Morgan fingerprint density at radius 2 is 1.62 bits per heavy atom. The summed E-state index contributed by atoms with van der Waals surface area (Å²) in [7, 11) is -3.28. The maximum absolute atomic E-state index is 12.0. The molecule has 0 aliphatic carbocycles. The largest absolute Gasteiger partial charge is 0.260 e. The number of pyridine rings is 1. The van der Waals surface area contributed by atoms with E-state index in [1.807, 2.05) is 0 Å². The first-order valence-electron chi connectivity index (χ1n) is 4.86. The number of hydrogen-bond acceptors (Lipinski definition) is 3. The van der Waals surface area contributed by atoms with Crippen molar-refractivity contribution in [1.29, 1.82) is 0 Å². The first-order valence-corrected chi connectivity index (χ1v) is 6.51. The molecule has 0 aliphatic rings. The molecule has 0 spiro atoms. The van der Waals surface area contributed by atoms with Gasteiger partial charge in [-0.05, 0) is 24.3 Å². The molecule has 0 amide bonds. The molecule has 0 saturated heterocycles. The molecule has 2 aromatic rings. The van der Waals surface area contributed by atoms with Crippen molar-refractivity contribution in [1.82, 2.24) is 4.98 Å². The third kappa shape index (κ3) is 2.46. The molecule has 16 heavy (non-hydrogen) atoms. The van der Waals surface area contributed by atoms with E-state index in [1.54, 1.807) is 54.7 Å². The molecule has 0 unspecified atom stereocenters. The minimum absolute atomic E-state index is 0.0577. The van der Waals surface area contributed by atoms with Gasteiger partial charge in [-0.15, -0.1) is 0 Å². The number of nitrogens with zero attached hydrogens (tertiary/aromatic N) is 1. The number of benzene rings is 1. The van der Waals surface area contributed by atoms with Gasteiger partial charge in [0, 0.05) is 6.20 Å². The van der Waals surface area contributed by atoms with Gasteiger partial charge < -0.3 is 0 Å². The minimum atomic E-state index is -3.28. The zero-order valence-corrected chi connectivity index (χ0v) is 9.39. The highest BCUT2D eigenvalue weighted by Gasteiger charge is 2.14. The molecule has 0 bridgehead atoms. The van der Waals surface area contributed by atoms with Crippen LogP contribution in [0.2, 0.25) is 0 Å². The summed E-state index contributed by atoms with van der Waals surface area (Å²) < 4.78 is 23.9. The van der Waals surface area contributed by atoms with Gasteiger partial charge in [-0.1, -0.05) is 24.3 Å². The van der Waals surface area contributed by atoms with E-state index in [-0.39, 0.29) is 5.75 Å². The Bertz CT molecular complexity index is 550. The minimum Gasteiger partial charge on any atom is -0.260 e. The van der Waals surface area contributed by atoms with E-state index in [2.05, 4.69) is 4.98 Å². The summed E-state index contributed by atoms with van der Waals surface area (Å²) in [6.07, 6.45) is 1.59. The fourth-order valence-corrected chi connectivity index (χ4v) is 2.69. The molecule has 3 nitrogen and oxygen atoms in total. The molecule has 0 N–H and O–H groups in total. The first-order chi connectivity index (χ1) is 7.68. The van der Waals surface area contributed by atoms with Crippen molar-refractivity contribution < 1.29 is 8.42 Å². The van der Waals surface area contributed by atoms with Gasteiger partial charge in [-0.3, -0.25) is 4.98 Å².